The molecule has 1 aromatic rings. The van der Waals surface area contributed by atoms with Crippen molar-refractivity contribution in [3.05, 3.63) is 36.5 Å². The fraction of sp³-hybridized carbons (Fsp3) is 0.222. The molecule has 1 aromatic carbocycles. The van der Waals surface area contributed by atoms with Crippen molar-refractivity contribution >= 4 is 0 Å². The minimum absolute atomic E-state index is 0.305. The second kappa shape index (κ2) is 3.37. The number of ether oxygens (including phenoxy) is 1. The van der Waals surface area contributed by atoms with Crippen LogP contribution < -0.4 is 4.74 Å². The minimum atomic E-state index is -0.305. The van der Waals surface area contributed by atoms with Crippen molar-refractivity contribution in [3.63, 3.8) is 0 Å². The monoisotopic (exact) mass is 153 g/mol. The van der Waals surface area contributed by atoms with E-state index >= 15 is 0 Å². The van der Waals surface area contributed by atoms with E-state index < -0.39 is 0 Å². The molecule has 0 N–H and O–H groups in total. The Hall–Kier alpha value is -1.05. The minimum Gasteiger partial charge on any atom is -0.494 e. The summed E-state index contributed by atoms with van der Waals surface area (Å²) in [6.07, 6.45) is 0. The number of benzene rings is 1. The van der Waals surface area contributed by atoms with Gasteiger partial charge in [-0.25, -0.2) is 4.39 Å². The molecule has 0 saturated carbocycles. The lowest BCUT2D eigenvalue weighted by Crippen LogP contribution is -1.92. The fourth-order valence-corrected chi connectivity index (χ4v) is 0.871. The quantitative estimate of drug-likeness (QED) is 0.634. The van der Waals surface area contributed by atoms with Gasteiger partial charge < -0.3 is 4.74 Å². The molecular weight excluding hydrogens is 143 g/mol. The van der Waals surface area contributed by atoms with Gasteiger partial charge in [0.25, 0.3) is 0 Å². The van der Waals surface area contributed by atoms with Crippen molar-refractivity contribution < 1.29 is 9.13 Å². The summed E-state index contributed by atoms with van der Waals surface area (Å²) in [6, 6.07) is 4.41. The van der Waals surface area contributed by atoms with E-state index in [1.807, 2.05) is 6.92 Å². The van der Waals surface area contributed by atoms with E-state index in [-0.39, 0.29) is 5.82 Å². The molecule has 11 heavy (non-hydrogen) atoms. The molecular formula is C9H10FO. The molecule has 0 aromatic heterocycles. The van der Waals surface area contributed by atoms with Crippen LogP contribution in [0.4, 0.5) is 4.39 Å². The van der Waals surface area contributed by atoms with Crippen molar-refractivity contribution in [1.29, 1.82) is 0 Å². The molecule has 0 amide bonds. The van der Waals surface area contributed by atoms with Crippen LogP contribution in [0.2, 0.25) is 0 Å². The van der Waals surface area contributed by atoms with Crippen molar-refractivity contribution in [2.24, 2.45) is 0 Å². The van der Waals surface area contributed by atoms with Crippen molar-refractivity contribution in [1.82, 2.24) is 0 Å². The molecule has 0 aliphatic rings. The Morgan fingerprint density at radius 2 is 2.18 bits per heavy atom. The van der Waals surface area contributed by atoms with Crippen molar-refractivity contribution in [3.8, 4) is 5.75 Å². The predicted molar refractivity (Wildman–Crippen MR) is 42.0 cm³/mol. The molecule has 0 aliphatic heterocycles. The summed E-state index contributed by atoms with van der Waals surface area (Å²) in [4.78, 5) is 0. The van der Waals surface area contributed by atoms with Gasteiger partial charge in [-0.3, -0.25) is 0 Å². The number of halogens is 1. The Balaban J connectivity index is 2.89. The summed E-state index contributed by atoms with van der Waals surface area (Å²) in [5, 5.41) is 0. The van der Waals surface area contributed by atoms with Crippen LogP contribution in [-0.4, -0.2) is 6.61 Å². The van der Waals surface area contributed by atoms with Gasteiger partial charge in [0.2, 0.25) is 0 Å². The van der Waals surface area contributed by atoms with Gasteiger partial charge in [0.1, 0.15) is 11.6 Å². The fourth-order valence-electron chi connectivity index (χ4n) is 0.871. The summed E-state index contributed by atoms with van der Waals surface area (Å²) in [5.41, 5.74) is 0.633. The van der Waals surface area contributed by atoms with Gasteiger partial charge >= 0.3 is 0 Å². The third kappa shape index (κ3) is 2.22. The maximum absolute atomic E-state index is 12.6. The molecule has 0 unspecified atom stereocenters. The molecule has 0 heterocycles. The molecule has 1 nitrogen and oxygen atoms in total. The largest absolute Gasteiger partial charge is 0.494 e. The lowest BCUT2D eigenvalue weighted by molar-refractivity contribution is 0.338. The first-order chi connectivity index (χ1) is 5.22. The Bertz CT molecular complexity index is 225. The maximum atomic E-state index is 12.6. The second-order valence-corrected chi connectivity index (χ2v) is 2.23. The molecule has 0 spiro atoms. The first kappa shape index (κ1) is 8.05. The van der Waals surface area contributed by atoms with Gasteiger partial charge in [0.15, 0.2) is 0 Å². The number of hydrogen-bond donors (Lipinski definition) is 0. The first-order valence-corrected chi connectivity index (χ1v) is 3.47. The zero-order valence-corrected chi connectivity index (χ0v) is 6.43. The van der Waals surface area contributed by atoms with E-state index in [4.69, 9.17) is 4.74 Å². The highest BCUT2D eigenvalue weighted by atomic mass is 19.1. The average molecular weight is 153 g/mol. The molecule has 1 rings (SSSR count). The highest BCUT2D eigenvalue weighted by Crippen LogP contribution is 2.15. The van der Waals surface area contributed by atoms with Crippen LogP contribution >= 0.6 is 0 Å². The Morgan fingerprint density at radius 1 is 1.45 bits per heavy atom. The van der Waals surface area contributed by atoms with Gasteiger partial charge in [0.05, 0.1) is 6.61 Å². The predicted octanol–water partition coefficient (Wildman–Crippen LogP) is 2.41. The summed E-state index contributed by atoms with van der Waals surface area (Å²) >= 11 is 0. The molecule has 0 saturated heterocycles. The molecule has 0 bridgehead atoms. The molecule has 2 heteroatoms. The lowest BCUT2D eigenvalue weighted by atomic mass is 10.2. The maximum Gasteiger partial charge on any atom is 0.127 e. The van der Waals surface area contributed by atoms with Gasteiger partial charge in [-0.2, -0.15) is 0 Å². The van der Waals surface area contributed by atoms with Crippen LogP contribution in [0.25, 0.3) is 0 Å². The van der Waals surface area contributed by atoms with Crippen LogP contribution in [0.15, 0.2) is 18.2 Å². The average Bonchev–Trinajstić information content (AvgIpc) is 1.85. The highest BCUT2D eigenvalue weighted by Gasteiger charge is 1.96. The van der Waals surface area contributed by atoms with E-state index in [0.717, 1.165) is 0 Å². The van der Waals surface area contributed by atoms with Crippen LogP contribution in [0.3, 0.4) is 0 Å². The van der Waals surface area contributed by atoms with Crippen LogP contribution in [-0.2, 0) is 0 Å². The SMILES string of the molecule is [CH2]c1cc(F)cc(OCC)c1. The zero-order chi connectivity index (χ0) is 8.27. The van der Waals surface area contributed by atoms with Gasteiger partial charge in [-0.05, 0) is 31.5 Å². The summed E-state index contributed by atoms with van der Waals surface area (Å²) in [5.74, 6) is 0.235. The Morgan fingerprint density at radius 3 is 2.73 bits per heavy atom. The van der Waals surface area contributed by atoms with Crippen LogP contribution in [0.5, 0.6) is 5.75 Å². The number of rotatable bonds is 2. The van der Waals surface area contributed by atoms with Crippen molar-refractivity contribution in [2.45, 2.75) is 6.92 Å². The molecule has 59 valence electrons. The molecule has 0 aliphatic carbocycles. The van der Waals surface area contributed by atoms with Gasteiger partial charge in [-0.1, -0.05) is 0 Å². The Kier molecular flexibility index (Phi) is 2.47. The van der Waals surface area contributed by atoms with E-state index in [0.29, 0.717) is 17.9 Å². The van der Waals surface area contributed by atoms with Crippen LogP contribution in [0.1, 0.15) is 12.5 Å². The van der Waals surface area contributed by atoms with Crippen LogP contribution in [0, 0.1) is 12.7 Å². The lowest BCUT2D eigenvalue weighted by Gasteiger charge is -2.03. The smallest absolute Gasteiger partial charge is 0.127 e. The topological polar surface area (TPSA) is 9.23 Å². The highest BCUT2D eigenvalue weighted by molar-refractivity contribution is 5.30. The van der Waals surface area contributed by atoms with E-state index in [2.05, 4.69) is 6.92 Å². The molecule has 0 atom stereocenters. The first-order valence-electron chi connectivity index (χ1n) is 3.47. The normalized spacial score (nSPS) is 9.73. The second-order valence-electron chi connectivity index (χ2n) is 2.23. The number of hydrogen-bond acceptors (Lipinski definition) is 1. The van der Waals surface area contributed by atoms with Crippen molar-refractivity contribution in [2.75, 3.05) is 6.61 Å². The van der Waals surface area contributed by atoms with Gasteiger partial charge in [0, 0.05) is 6.07 Å². The zero-order valence-electron chi connectivity index (χ0n) is 6.43. The van der Waals surface area contributed by atoms with E-state index in [1.54, 1.807) is 6.07 Å². The van der Waals surface area contributed by atoms with E-state index in [9.17, 15) is 4.39 Å². The molecule has 0 fully saturated rings. The third-order valence-corrected chi connectivity index (χ3v) is 1.24. The Labute approximate surface area is 65.8 Å². The molecule has 1 radical (unpaired) electrons. The van der Waals surface area contributed by atoms with E-state index in [1.165, 1.54) is 12.1 Å². The standard InChI is InChI=1S/C9H10FO/c1-3-11-9-5-7(2)4-8(10)6-9/h4-6H,2-3H2,1H3. The summed E-state index contributed by atoms with van der Waals surface area (Å²) < 4.78 is 17.7. The third-order valence-electron chi connectivity index (χ3n) is 1.24. The summed E-state index contributed by atoms with van der Waals surface area (Å²) in [7, 11) is 0. The van der Waals surface area contributed by atoms with Gasteiger partial charge in [-0.15, -0.1) is 0 Å². The summed E-state index contributed by atoms with van der Waals surface area (Å²) in [6.45, 7) is 6.00.